The minimum absolute atomic E-state index is 0.183. The van der Waals surface area contributed by atoms with Crippen molar-refractivity contribution in [2.45, 2.75) is 31.2 Å². The van der Waals surface area contributed by atoms with Gasteiger partial charge in [0.15, 0.2) is 4.34 Å². The van der Waals surface area contributed by atoms with E-state index < -0.39 is 5.91 Å². The Morgan fingerprint density at radius 1 is 1.38 bits per heavy atom. The molecule has 7 nitrogen and oxygen atoms in total. The summed E-state index contributed by atoms with van der Waals surface area (Å²) in [7, 11) is 0. The van der Waals surface area contributed by atoms with E-state index in [2.05, 4.69) is 20.6 Å². The fraction of sp³-hybridized carbons (Fsp3) is 0.417. The number of nitrogens with zero attached hydrogens (tertiary/aromatic N) is 4. The standard InChI is InChI=1S/C12H15N5O2S2/c1-3-7-17-9(18)6-5-8(16-17)10(19)13-11-14-15-12(21-11)20-4-2/h5-6H,3-4,7H2,1-2H3,(H,13,14,19). The third-order valence-electron chi connectivity index (χ3n) is 2.43. The Labute approximate surface area is 129 Å². The predicted molar refractivity (Wildman–Crippen MR) is 83.0 cm³/mol. The van der Waals surface area contributed by atoms with Crippen LogP contribution in [0.25, 0.3) is 0 Å². The lowest BCUT2D eigenvalue weighted by atomic mass is 10.3. The highest BCUT2D eigenvalue weighted by molar-refractivity contribution is 8.01. The molecular weight excluding hydrogens is 310 g/mol. The summed E-state index contributed by atoms with van der Waals surface area (Å²) < 4.78 is 2.09. The molecule has 0 aliphatic rings. The molecule has 112 valence electrons. The molecule has 0 aliphatic carbocycles. The molecule has 0 saturated heterocycles. The van der Waals surface area contributed by atoms with Gasteiger partial charge in [-0.2, -0.15) is 5.10 Å². The first kappa shape index (κ1) is 15.6. The number of amides is 1. The van der Waals surface area contributed by atoms with Crippen LogP contribution in [0.4, 0.5) is 5.13 Å². The highest BCUT2D eigenvalue weighted by Crippen LogP contribution is 2.25. The molecule has 0 aliphatic heterocycles. The van der Waals surface area contributed by atoms with Gasteiger partial charge in [0.05, 0.1) is 0 Å². The van der Waals surface area contributed by atoms with Gasteiger partial charge in [-0.25, -0.2) is 4.68 Å². The van der Waals surface area contributed by atoms with Gasteiger partial charge in [0.2, 0.25) is 5.13 Å². The monoisotopic (exact) mass is 325 g/mol. The van der Waals surface area contributed by atoms with Crippen LogP contribution < -0.4 is 10.9 Å². The van der Waals surface area contributed by atoms with Crippen molar-refractivity contribution < 1.29 is 4.79 Å². The van der Waals surface area contributed by atoms with Crippen LogP contribution in [0.1, 0.15) is 30.8 Å². The summed E-state index contributed by atoms with van der Waals surface area (Å²) in [6.07, 6.45) is 0.770. The van der Waals surface area contributed by atoms with Gasteiger partial charge in [-0.15, -0.1) is 10.2 Å². The molecule has 0 radical (unpaired) electrons. The number of nitrogens with one attached hydrogen (secondary N) is 1. The van der Waals surface area contributed by atoms with Gasteiger partial charge >= 0.3 is 0 Å². The Hall–Kier alpha value is -1.74. The van der Waals surface area contributed by atoms with Crippen LogP contribution >= 0.6 is 23.1 Å². The lowest BCUT2D eigenvalue weighted by molar-refractivity contribution is 0.101. The van der Waals surface area contributed by atoms with E-state index in [1.807, 2.05) is 13.8 Å². The Kier molecular flexibility index (Phi) is 5.45. The maximum atomic E-state index is 12.1. The van der Waals surface area contributed by atoms with E-state index in [0.29, 0.717) is 11.7 Å². The molecule has 0 atom stereocenters. The first-order valence-electron chi connectivity index (χ1n) is 6.49. The maximum absolute atomic E-state index is 12.1. The van der Waals surface area contributed by atoms with Crippen LogP contribution in [-0.4, -0.2) is 31.6 Å². The van der Waals surface area contributed by atoms with Crippen molar-refractivity contribution in [1.82, 2.24) is 20.0 Å². The van der Waals surface area contributed by atoms with Crippen molar-refractivity contribution in [2.24, 2.45) is 0 Å². The zero-order valence-electron chi connectivity index (χ0n) is 11.7. The molecule has 0 unspecified atom stereocenters. The fourth-order valence-electron chi connectivity index (χ4n) is 1.55. The van der Waals surface area contributed by atoms with E-state index in [-0.39, 0.29) is 11.3 Å². The number of aromatic nitrogens is 4. The van der Waals surface area contributed by atoms with Crippen molar-refractivity contribution in [3.8, 4) is 0 Å². The quantitative estimate of drug-likeness (QED) is 0.644. The lowest BCUT2D eigenvalue weighted by Crippen LogP contribution is -2.26. The molecule has 0 bridgehead atoms. The van der Waals surface area contributed by atoms with E-state index in [1.54, 1.807) is 11.8 Å². The number of anilines is 1. The first-order chi connectivity index (χ1) is 10.1. The summed E-state index contributed by atoms with van der Waals surface area (Å²) in [6.45, 7) is 4.44. The molecule has 9 heteroatoms. The number of thioether (sulfide) groups is 1. The molecule has 2 heterocycles. The molecular formula is C12H15N5O2S2. The normalized spacial score (nSPS) is 10.6. The van der Waals surface area contributed by atoms with Crippen LogP contribution in [0.3, 0.4) is 0 Å². The number of hydrogen-bond acceptors (Lipinski definition) is 7. The van der Waals surface area contributed by atoms with Gasteiger partial charge in [0.1, 0.15) is 5.69 Å². The van der Waals surface area contributed by atoms with Crippen molar-refractivity contribution in [3.05, 3.63) is 28.2 Å². The number of rotatable bonds is 6. The molecule has 0 aromatic carbocycles. The summed E-state index contributed by atoms with van der Waals surface area (Å²) in [6, 6.07) is 2.75. The van der Waals surface area contributed by atoms with Gasteiger partial charge < -0.3 is 0 Å². The van der Waals surface area contributed by atoms with Gasteiger partial charge in [0, 0.05) is 12.6 Å². The van der Waals surface area contributed by atoms with Gasteiger partial charge in [0.25, 0.3) is 11.5 Å². The third kappa shape index (κ3) is 4.11. The molecule has 2 rings (SSSR count). The fourth-order valence-corrected chi connectivity index (χ4v) is 3.19. The SMILES string of the molecule is CCCn1nc(C(=O)Nc2nnc(SCC)s2)ccc1=O. The van der Waals surface area contributed by atoms with Gasteiger partial charge in [-0.05, 0) is 18.2 Å². The Morgan fingerprint density at radius 2 is 2.19 bits per heavy atom. The second kappa shape index (κ2) is 7.32. The minimum atomic E-state index is -0.399. The maximum Gasteiger partial charge on any atom is 0.277 e. The van der Waals surface area contributed by atoms with E-state index in [0.717, 1.165) is 16.5 Å². The van der Waals surface area contributed by atoms with Crippen LogP contribution in [-0.2, 0) is 6.54 Å². The third-order valence-corrected chi connectivity index (χ3v) is 4.28. The van der Waals surface area contributed by atoms with Crippen LogP contribution in [0.15, 0.2) is 21.3 Å². The number of carbonyl (C=O) groups excluding carboxylic acids is 1. The molecule has 0 fully saturated rings. The van der Waals surface area contributed by atoms with E-state index in [9.17, 15) is 9.59 Å². The zero-order valence-corrected chi connectivity index (χ0v) is 13.3. The Morgan fingerprint density at radius 3 is 2.90 bits per heavy atom. The lowest BCUT2D eigenvalue weighted by Gasteiger charge is -2.04. The number of hydrogen-bond donors (Lipinski definition) is 1. The first-order valence-corrected chi connectivity index (χ1v) is 8.30. The highest BCUT2D eigenvalue weighted by atomic mass is 32.2. The van der Waals surface area contributed by atoms with E-state index in [1.165, 1.54) is 28.2 Å². The molecule has 1 N–H and O–H groups in total. The molecule has 2 aromatic rings. The highest BCUT2D eigenvalue weighted by Gasteiger charge is 2.12. The molecule has 2 aromatic heterocycles. The topological polar surface area (TPSA) is 89.8 Å². The van der Waals surface area contributed by atoms with Crippen molar-refractivity contribution in [1.29, 1.82) is 0 Å². The second-order valence-electron chi connectivity index (χ2n) is 4.04. The minimum Gasteiger partial charge on any atom is -0.295 e. The zero-order chi connectivity index (χ0) is 15.2. The predicted octanol–water partition coefficient (Wildman–Crippen LogP) is 1.87. The Bertz CT molecular complexity index is 682. The largest absolute Gasteiger partial charge is 0.295 e. The number of carbonyl (C=O) groups is 1. The molecule has 21 heavy (non-hydrogen) atoms. The second-order valence-corrected chi connectivity index (χ2v) is 6.53. The van der Waals surface area contributed by atoms with Crippen LogP contribution in [0.2, 0.25) is 0 Å². The average molecular weight is 325 g/mol. The van der Waals surface area contributed by atoms with Crippen LogP contribution in [0.5, 0.6) is 0 Å². The molecule has 1 amide bonds. The molecule has 0 spiro atoms. The van der Waals surface area contributed by atoms with Crippen LogP contribution in [0, 0.1) is 0 Å². The Balaban J connectivity index is 2.12. The summed E-state index contributed by atoms with van der Waals surface area (Å²) in [4.78, 5) is 23.7. The smallest absolute Gasteiger partial charge is 0.277 e. The van der Waals surface area contributed by atoms with Crippen molar-refractivity contribution in [2.75, 3.05) is 11.1 Å². The summed E-state index contributed by atoms with van der Waals surface area (Å²) >= 11 is 2.87. The van der Waals surface area contributed by atoms with E-state index in [4.69, 9.17) is 0 Å². The summed E-state index contributed by atoms with van der Waals surface area (Å²) in [5.41, 5.74) is -0.0334. The van der Waals surface area contributed by atoms with Crippen molar-refractivity contribution >= 4 is 34.1 Å². The summed E-state index contributed by atoms with van der Waals surface area (Å²) in [5.74, 6) is 0.496. The summed E-state index contributed by atoms with van der Waals surface area (Å²) in [5, 5.41) is 15.0. The van der Waals surface area contributed by atoms with Gasteiger partial charge in [-0.3, -0.25) is 14.9 Å². The molecule has 0 saturated carbocycles. The van der Waals surface area contributed by atoms with Crippen molar-refractivity contribution in [3.63, 3.8) is 0 Å². The average Bonchev–Trinajstić information content (AvgIpc) is 2.89. The number of aryl methyl sites for hydroxylation is 1. The van der Waals surface area contributed by atoms with E-state index >= 15 is 0 Å². The van der Waals surface area contributed by atoms with Gasteiger partial charge in [-0.1, -0.05) is 36.9 Å².